The van der Waals surface area contributed by atoms with E-state index in [1.807, 2.05) is 54.0 Å². The predicted octanol–water partition coefficient (Wildman–Crippen LogP) is 3.79. The van der Waals surface area contributed by atoms with Gasteiger partial charge in [0.15, 0.2) is 11.0 Å². The highest BCUT2D eigenvalue weighted by molar-refractivity contribution is 7.99. The number of aromatic nitrogens is 3. The van der Waals surface area contributed by atoms with Crippen LogP contribution in [0.3, 0.4) is 0 Å². The van der Waals surface area contributed by atoms with Crippen molar-refractivity contribution < 1.29 is 9.53 Å². The number of carbonyl (C=O) groups is 1. The number of rotatable bonds is 7. The monoisotopic (exact) mass is 457 g/mol. The Kier molecular flexibility index (Phi) is 7.24. The van der Waals surface area contributed by atoms with E-state index in [0.29, 0.717) is 22.4 Å². The maximum Gasteiger partial charge on any atom is 0.234 e. The van der Waals surface area contributed by atoms with Crippen LogP contribution in [-0.4, -0.2) is 57.6 Å². The quantitative estimate of drug-likeness (QED) is 0.544. The lowest BCUT2D eigenvalue weighted by Crippen LogP contribution is -2.36. The fourth-order valence-electron chi connectivity index (χ4n) is 3.29. The molecule has 0 aliphatic carbocycles. The summed E-state index contributed by atoms with van der Waals surface area (Å²) in [6.07, 6.45) is 0. The number of halogens is 1. The Morgan fingerprint density at radius 2 is 1.94 bits per heavy atom. The maximum atomic E-state index is 12.5. The molecule has 0 atom stereocenters. The number of thioether (sulfide) groups is 1. The van der Waals surface area contributed by atoms with Gasteiger partial charge in [0.1, 0.15) is 0 Å². The number of para-hydroxylation sites is 1. The zero-order valence-corrected chi connectivity index (χ0v) is 18.8. The van der Waals surface area contributed by atoms with Gasteiger partial charge in [-0.15, -0.1) is 10.2 Å². The molecule has 0 saturated carbocycles. The molecule has 4 rings (SSSR count). The normalized spacial score (nSPS) is 14.5. The van der Waals surface area contributed by atoms with Gasteiger partial charge in [-0.2, -0.15) is 0 Å². The van der Waals surface area contributed by atoms with E-state index in [2.05, 4.69) is 20.4 Å². The van der Waals surface area contributed by atoms with Gasteiger partial charge >= 0.3 is 0 Å². The number of amides is 1. The number of morpholine rings is 1. The van der Waals surface area contributed by atoms with E-state index in [9.17, 15) is 4.79 Å². The third-order valence-electron chi connectivity index (χ3n) is 4.97. The fraction of sp³-hybridized carbons (Fsp3) is 0.318. The lowest BCUT2D eigenvalue weighted by molar-refractivity contribution is -0.113. The van der Waals surface area contributed by atoms with Crippen molar-refractivity contribution in [1.82, 2.24) is 19.7 Å². The Bertz CT molecular complexity index is 1040. The van der Waals surface area contributed by atoms with Gasteiger partial charge in [-0.05, 0) is 36.8 Å². The summed E-state index contributed by atoms with van der Waals surface area (Å²) in [7, 11) is 0. The summed E-state index contributed by atoms with van der Waals surface area (Å²) >= 11 is 7.51. The van der Waals surface area contributed by atoms with Crippen LogP contribution in [0.1, 0.15) is 11.4 Å². The number of carbonyl (C=O) groups excluding carboxylic acids is 1. The number of benzene rings is 2. The van der Waals surface area contributed by atoms with Crippen molar-refractivity contribution in [2.24, 2.45) is 0 Å². The Labute approximate surface area is 190 Å². The first-order valence-electron chi connectivity index (χ1n) is 10.1. The molecule has 1 aliphatic heterocycles. The Morgan fingerprint density at radius 3 is 2.68 bits per heavy atom. The van der Waals surface area contributed by atoms with Crippen molar-refractivity contribution in [3.8, 4) is 5.69 Å². The van der Waals surface area contributed by atoms with Crippen molar-refractivity contribution in [1.29, 1.82) is 0 Å². The van der Waals surface area contributed by atoms with E-state index in [1.165, 1.54) is 11.8 Å². The summed E-state index contributed by atoms with van der Waals surface area (Å²) in [5.41, 5.74) is 2.63. The molecule has 0 bridgehead atoms. The second-order valence-corrected chi connectivity index (χ2v) is 8.61. The summed E-state index contributed by atoms with van der Waals surface area (Å²) in [5, 5.41) is 13.0. The molecule has 1 N–H and O–H groups in total. The van der Waals surface area contributed by atoms with Gasteiger partial charge in [0, 0.05) is 29.5 Å². The molecule has 1 amide bonds. The van der Waals surface area contributed by atoms with Crippen LogP contribution in [0.15, 0.2) is 53.7 Å². The SMILES string of the molecule is Cc1ccc(NC(=O)CSc2nnc(CN3CCOCC3)n2-c2ccccc2)cc1Cl. The summed E-state index contributed by atoms with van der Waals surface area (Å²) < 4.78 is 7.47. The minimum absolute atomic E-state index is 0.123. The van der Waals surface area contributed by atoms with Crippen molar-refractivity contribution in [3.63, 3.8) is 0 Å². The van der Waals surface area contributed by atoms with E-state index in [0.717, 1.165) is 43.4 Å². The van der Waals surface area contributed by atoms with E-state index < -0.39 is 0 Å². The summed E-state index contributed by atoms with van der Waals surface area (Å²) in [6.45, 7) is 5.79. The van der Waals surface area contributed by atoms with Gasteiger partial charge in [0.05, 0.1) is 25.5 Å². The second-order valence-electron chi connectivity index (χ2n) is 7.26. The summed E-state index contributed by atoms with van der Waals surface area (Å²) in [6, 6.07) is 15.5. The highest BCUT2D eigenvalue weighted by Gasteiger charge is 2.19. The van der Waals surface area contributed by atoms with Crippen molar-refractivity contribution in [2.75, 3.05) is 37.4 Å². The molecular formula is C22H24ClN5O2S. The zero-order chi connectivity index (χ0) is 21.6. The van der Waals surface area contributed by atoms with E-state index in [1.54, 1.807) is 6.07 Å². The number of anilines is 1. The Balaban J connectivity index is 1.48. The summed E-state index contributed by atoms with van der Waals surface area (Å²) in [5.74, 6) is 0.942. The van der Waals surface area contributed by atoms with E-state index in [4.69, 9.17) is 16.3 Å². The molecule has 1 fully saturated rings. The molecule has 2 heterocycles. The van der Waals surface area contributed by atoms with Crippen LogP contribution in [0.2, 0.25) is 5.02 Å². The van der Waals surface area contributed by atoms with E-state index in [-0.39, 0.29) is 11.7 Å². The molecule has 3 aromatic rings. The highest BCUT2D eigenvalue weighted by Crippen LogP contribution is 2.24. The third-order valence-corrected chi connectivity index (χ3v) is 6.31. The molecule has 1 aromatic heterocycles. The molecular weight excluding hydrogens is 434 g/mol. The largest absolute Gasteiger partial charge is 0.379 e. The second kappa shape index (κ2) is 10.3. The molecule has 9 heteroatoms. The van der Waals surface area contributed by atoms with Gasteiger partial charge in [-0.1, -0.05) is 47.6 Å². The zero-order valence-electron chi connectivity index (χ0n) is 17.3. The number of hydrogen-bond acceptors (Lipinski definition) is 6. The molecule has 1 aliphatic rings. The van der Waals surface area contributed by atoms with Gasteiger partial charge < -0.3 is 10.1 Å². The third kappa shape index (κ3) is 5.65. The number of ether oxygens (including phenoxy) is 1. The van der Waals surface area contributed by atoms with Crippen molar-refractivity contribution >= 4 is 35.0 Å². The molecule has 1 saturated heterocycles. The number of aryl methyl sites for hydroxylation is 1. The van der Waals surface area contributed by atoms with Crippen molar-refractivity contribution in [3.05, 3.63) is 64.9 Å². The smallest absolute Gasteiger partial charge is 0.234 e. The van der Waals surface area contributed by atoms with Crippen molar-refractivity contribution in [2.45, 2.75) is 18.6 Å². The van der Waals surface area contributed by atoms with Gasteiger partial charge in [0.25, 0.3) is 0 Å². The van der Waals surface area contributed by atoms with Crippen LogP contribution in [0, 0.1) is 6.92 Å². The van der Waals surface area contributed by atoms with E-state index >= 15 is 0 Å². The minimum Gasteiger partial charge on any atom is -0.379 e. The van der Waals surface area contributed by atoms with Gasteiger partial charge in [0.2, 0.25) is 5.91 Å². The van der Waals surface area contributed by atoms with Crippen LogP contribution >= 0.6 is 23.4 Å². The maximum absolute atomic E-state index is 12.5. The lowest BCUT2D eigenvalue weighted by Gasteiger charge is -2.26. The first kappa shape index (κ1) is 21.8. The molecule has 31 heavy (non-hydrogen) atoms. The topological polar surface area (TPSA) is 72.3 Å². The van der Waals surface area contributed by atoms with Crippen LogP contribution in [0.25, 0.3) is 5.69 Å². The molecule has 2 aromatic carbocycles. The van der Waals surface area contributed by atoms with Crippen LogP contribution in [0.5, 0.6) is 0 Å². The highest BCUT2D eigenvalue weighted by atomic mass is 35.5. The van der Waals surface area contributed by atoms with Gasteiger partial charge in [-0.25, -0.2) is 0 Å². The average Bonchev–Trinajstić information content (AvgIpc) is 3.18. The predicted molar refractivity (Wildman–Crippen MR) is 123 cm³/mol. The first-order valence-corrected chi connectivity index (χ1v) is 11.4. The average molecular weight is 458 g/mol. The fourth-order valence-corrected chi connectivity index (χ4v) is 4.24. The molecule has 0 unspecified atom stereocenters. The molecule has 0 radical (unpaired) electrons. The lowest BCUT2D eigenvalue weighted by atomic mass is 10.2. The van der Waals surface area contributed by atoms with Crippen LogP contribution in [0.4, 0.5) is 5.69 Å². The number of nitrogens with zero attached hydrogens (tertiary/aromatic N) is 4. The summed E-state index contributed by atoms with van der Waals surface area (Å²) in [4.78, 5) is 14.8. The Hall–Kier alpha value is -2.39. The molecule has 162 valence electrons. The molecule has 7 nitrogen and oxygen atoms in total. The van der Waals surface area contributed by atoms with Crippen LogP contribution in [-0.2, 0) is 16.1 Å². The minimum atomic E-state index is -0.123. The standard InChI is InChI=1S/C22H24ClN5O2S/c1-16-7-8-17(13-19(16)23)24-21(29)15-31-22-26-25-20(14-27-9-11-30-12-10-27)28(22)18-5-3-2-4-6-18/h2-8,13H,9-12,14-15H2,1H3,(H,24,29). The number of nitrogens with one attached hydrogen (secondary N) is 1. The van der Waals surface area contributed by atoms with Gasteiger partial charge in [-0.3, -0.25) is 14.3 Å². The first-order chi connectivity index (χ1) is 15.1. The molecule has 0 spiro atoms. The number of hydrogen-bond donors (Lipinski definition) is 1. The van der Waals surface area contributed by atoms with Crippen LogP contribution < -0.4 is 5.32 Å². The Morgan fingerprint density at radius 1 is 1.16 bits per heavy atom.